The maximum Gasteiger partial charge on any atom is 0.225 e. The highest BCUT2D eigenvalue weighted by molar-refractivity contribution is 5.85. The number of benzene rings is 1. The Hall–Kier alpha value is -2.74. The van der Waals surface area contributed by atoms with Gasteiger partial charge in [0.05, 0.1) is 24.3 Å². The average molecular weight is 403 g/mol. The summed E-state index contributed by atoms with van der Waals surface area (Å²) in [6, 6.07) is 5.49. The summed E-state index contributed by atoms with van der Waals surface area (Å²) in [5.41, 5.74) is 2.31. The van der Waals surface area contributed by atoms with E-state index in [0.29, 0.717) is 31.9 Å². The lowest BCUT2D eigenvalue weighted by molar-refractivity contribution is -0.144. The molecule has 0 radical (unpaired) electrons. The Morgan fingerprint density at radius 2 is 2.07 bits per heavy atom. The Kier molecular flexibility index (Phi) is 6.64. The van der Waals surface area contributed by atoms with Crippen molar-refractivity contribution in [3.8, 4) is 0 Å². The fraction of sp³-hybridized carbons (Fsp3) is 0.476. The van der Waals surface area contributed by atoms with E-state index in [1.165, 1.54) is 12.1 Å². The second-order valence-electron chi connectivity index (χ2n) is 7.24. The number of aromatic nitrogens is 1. The van der Waals surface area contributed by atoms with Crippen LogP contribution in [-0.2, 0) is 20.9 Å². The third-order valence-electron chi connectivity index (χ3n) is 5.41. The lowest BCUT2D eigenvalue weighted by Crippen LogP contribution is -2.49. The van der Waals surface area contributed by atoms with Gasteiger partial charge in [0.15, 0.2) is 0 Å². The molecule has 1 saturated heterocycles. The van der Waals surface area contributed by atoms with Crippen LogP contribution < -0.4 is 5.32 Å². The maximum atomic E-state index is 13.4. The zero-order valence-corrected chi connectivity index (χ0v) is 16.9. The summed E-state index contributed by atoms with van der Waals surface area (Å²) in [7, 11) is 1.56. The smallest absolute Gasteiger partial charge is 0.225 e. The molecule has 1 fully saturated rings. The molecular formula is C21H26FN3O4. The van der Waals surface area contributed by atoms with Gasteiger partial charge in [-0.15, -0.1) is 0 Å². The van der Waals surface area contributed by atoms with Crippen molar-refractivity contribution in [2.75, 3.05) is 20.3 Å². The molecule has 0 saturated carbocycles. The quantitative estimate of drug-likeness (QED) is 0.768. The minimum absolute atomic E-state index is 0.0360. The summed E-state index contributed by atoms with van der Waals surface area (Å²) in [6.07, 6.45) is 0.711. The predicted octanol–water partition coefficient (Wildman–Crippen LogP) is 2.67. The van der Waals surface area contributed by atoms with E-state index in [-0.39, 0.29) is 24.1 Å². The van der Waals surface area contributed by atoms with Gasteiger partial charge in [0.25, 0.3) is 0 Å². The van der Waals surface area contributed by atoms with Crippen molar-refractivity contribution < 1.29 is 23.2 Å². The number of hydrogen-bond donors (Lipinski definition) is 1. The molecule has 0 bridgehead atoms. The average Bonchev–Trinajstić information content (AvgIpc) is 3.03. The van der Waals surface area contributed by atoms with Crippen LogP contribution in [0.4, 0.5) is 4.39 Å². The van der Waals surface area contributed by atoms with Gasteiger partial charge in [-0.2, -0.15) is 0 Å². The number of ether oxygens (including phenoxy) is 1. The molecule has 3 rings (SSSR count). The second-order valence-corrected chi connectivity index (χ2v) is 7.24. The summed E-state index contributed by atoms with van der Waals surface area (Å²) in [4.78, 5) is 27.4. The van der Waals surface area contributed by atoms with E-state index in [0.717, 1.165) is 16.8 Å². The number of rotatable bonds is 7. The van der Waals surface area contributed by atoms with Crippen molar-refractivity contribution in [1.29, 1.82) is 0 Å². The molecule has 1 N–H and O–H groups in total. The number of carbonyl (C=O) groups excluding carboxylic acids is 2. The Labute approximate surface area is 169 Å². The molecule has 0 aliphatic carbocycles. The van der Waals surface area contributed by atoms with Crippen LogP contribution in [0.5, 0.6) is 0 Å². The second kappa shape index (κ2) is 9.17. The highest BCUT2D eigenvalue weighted by atomic mass is 19.1. The molecule has 0 spiro atoms. The number of methoxy groups -OCH3 is 1. The first-order valence-electron chi connectivity index (χ1n) is 9.65. The Balaban J connectivity index is 1.84. The summed E-state index contributed by atoms with van der Waals surface area (Å²) in [6.45, 7) is 4.65. The van der Waals surface area contributed by atoms with E-state index in [9.17, 15) is 14.0 Å². The fourth-order valence-corrected chi connectivity index (χ4v) is 3.81. The third kappa shape index (κ3) is 4.64. The van der Waals surface area contributed by atoms with Crippen molar-refractivity contribution in [2.24, 2.45) is 5.92 Å². The number of nitrogens with zero attached hydrogens (tertiary/aromatic N) is 2. The summed E-state index contributed by atoms with van der Waals surface area (Å²) in [5, 5.41) is 6.86. The molecule has 1 aliphatic rings. The fourth-order valence-electron chi connectivity index (χ4n) is 3.81. The standard InChI is InChI=1S/C21H26FN3O4/c1-13-18(14(2)29-24-13)12-23-21(27)17-8-9-19(26)25(10-11-28-3)20(17)15-4-6-16(22)7-5-15/h4-7,17,20H,8-12H2,1-3H3,(H,23,27)/t17-,20+/m1/s1. The van der Waals surface area contributed by atoms with Crippen LogP contribution in [0.3, 0.4) is 0 Å². The summed E-state index contributed by atoms with van der Waals surface area (Å²) < 4.78 is 23.7. The van der Waals surface area contributed by atoms with Crippen LogP contribution in [0.2, 0.25) is 0 Å². The Bertz CT molecular complexity index is 846. The van der Waals surface area contributed by atoms with Crippen LogP contribution in [0, 0.1) is 25.6 Å². The first kappa shape index (κ1) is 21.0. The summed E-state index contributed by atoms with van der Waals surface area (Å²) >= 11 is 0. The van der Waals surface area contributed by atoms with Gasteiger partial charge in [0.2, 0.25) is 11.8 Å². The van der Waals surface area contributed by atoms with Gasteiger partial charge in [0, 0.05) is 32.2 Å². The highest BCUT2D eigenvalue weighted by Gasteiger charge is 2.40. The van der Waals surface area contributed by atoms with Crippen molar-refractivity contribution in [3.63, 3.8) is 0 Å². The third-order valence-corrected chi connectivity index (χ3v) is 5.41. The Morgan fingerprint density at radius 1 is 1.34 bits per heavy atom. The first-order valence-corrected chi connectivity index (χ1v) is 9.65. The molecule has 7 nitrogen and oxygen atoms in total. The SMILES string of the molecule is COCCN1C(=O)CC[C@@H](C(=O)NCc2c(C)noc2C)[C@@H]1c1ccc(F)cc1. The number of likely N-dealkylation sites (tertiary alicyclic amines) is 1. The highest BCUT2D eigenvalue weighted by Crippen LogP contribution is 2.37. The van der Waals surface area contributed by atoms with E-state index in [4.69, 9.17) is 9.26 Å². The van der Waals surface area contributed by atoms with Gasteiger partial charge in [-0.3, -0.25) is 9.59 Å². The van der Waals surface area contributed by atoms with E-state index < -0.39 is 12.0 Å². The summed E-state index contributed by atoms with van der Waals surface area (Å²) in [5.74, 6) is -0.340. The number of nitrogens with one attached hydrogen (secondary N) is 1. The van der Waals surface area contributed by atoms with E-state index in [1.807, 2.05) is 6.92 Å². The topological polar surface area (TPSA) is 84.7 Å². The first-order chi connectivity index (χ1) is 13.9. The molecule has 2 amide bonds. The van der Waals surface area contributed by atoms with Crippen LogP contribution in [0.25, 0.3) is 0 Å². The molecule has 0 unspecified atom stereocenters. The molecular weight excluding hydrogens is 377 g/mol. The predicted molar refractivity (Wildman–Crippen MR) is 103 cm³/mol. The van der Waals surface area contributed by atoms with Crippen molar-refractivity contribution in [3.05, 3.63) is 52.7 Å². The number of aryl methyl sites for hydroxylation is 2. The number of hydrogen-bond acceptors (Lipinski definition) is 5. The molecule has 156 valence electrons. The largest absolute Gasteiger partial charge is 0.383 e. The molecule has 1 aromatic heterocycles. The van der Waals surface area contributed by atoms with Crippen LogP contribution in [0.15, 0.2) is 28.8 Å². The van der Waals surface area contributed by atoms with Crippen molar-refractivity contribution >= 4 is 11.8 Å². The number of amides is 2. The zero-order valence-electron chi connectivity index (χ0n) is 16.9. The van der Waals surface area contributed by atoms with Gasteiger partial charge in [-0.25, -0.2) is 4.39 Å². The minimum atomic E-state index is -0.475. The van der Waals surface area contributed by atoms with E-state index in [1.54, 1.807) is 31.1 Å². The monoisotopic (exact) mass is 403 g/mol. The number of piperidine rings is 1. The normalized spacial score (nSPS) is 19.4. The van der Waals surface area contributed by atoms with Crippen LogP contribution in [0.1, 0.15) is 41.5 Å². The minimum Gasteiger partial charge on any atom is -0.383 e. The lowest BCUT2D eigenvalue weighted by atomic mass is 9.83. The molecule has 2 aromatic rings. The maximum absolute atomic E-state index is 13.4. The molecule has 1 aromatic carbocycles. The molecule has 8 heteroatoms. The van der Waals surface area contributed by atoms with Gasteiger partial charge in [-0.1, -0.05) is 17.3 Å². The van der Waals surface area contributed by atoms with Gasteiger partial charge < -0.3 is 19.5 Å². The van der Waals surface area contributed by atoms with Crippen LogP contribution in [-0.4, -0.2) is 42.1 Å². The Morgan fingerprint density at radius 3 is 2.69 bits per heavy atom. The van der Waals surface area contributed by atoms with Crippen molar-refractivity contribution in [1.82, 2.24) is 15.4 Å². The molecule has 29 heavy (non-hydrogen) atoms. The van der Waals surface area contributed by atoms with E-state index in [2.05, 4.69) is 10.5 Å². The molecule has 2 heterocycles. The van der Waals surface area contributed by atoms with Crippen molar-refractivity contribution in [2.45, 2.75) is 39.3 Å². The lowest BCUT2D eigenvalue weighted by Gasteiger charge is -2.40. The van der Waals surface area contributed by atoms with Gasteiger partial charge in [0.1, 0.15) is 11.6 Å². The molecule has 1 aliphatic heterocycles. The van der Waals surface area contributed by atoms with Crippen LogP contribution >= 0.6 is 0 Å². The van der Waals surface area contributed by atoms with E-state index >= 15 is 0 Å². The number of halogens is 1. The number of carbonyl (C=O) groups is 2. The van der Waals surface area contributed by atoms with Gasteiger partial charge in [-0.05, 0) is 38.0 Å². The zero-order chi connectivity index (χ0) is 21.0. The molecule has 2 atom stereocenters. The van der Waals surface area contributed by atoms with Gasteiger partial charge >= 0.3 is 0 Å².